The van der Waals surface area contributed by atoms with Gasteiger partial charge in [-0.15, -0.1) is 0 Å². The van der Waals surface area contributed by atoms with E-state index in [0.29, 0.717) is 19.4 Å². The van der Waals surface area contributed by atoms with Crippen molar-refractivity contribution in [2.24, 2.45) is 0 Å². The zero-order chi connectivity index (χ0) is 65.8. The van der Waals surface area contributed by atoms with Crippen LogP contribution in [0.2, 0.25) is 0 Å². The zero-order valence-electron chi connectivity index (χ0n) is 59.1. The normalized spacial score (nSPS) is 18.0. The van der Waals surface area contributed by atoms with Gasteiger partial charge in [0.25, 0.3) is 0 Å². The lowest BCUT2D eigenvalue weighted by atomic mass is 9.99. The first-order valence-electron chi connectivity index (χ1n) is 38.7. The number of hydrogen-bond donors (Lipinski definition) is 6. The van der Waals surface area contributed by atoms with Crippen LogP contribution in [0.3, 0.4) is 0 Å². The minimum absolute atomic E-state index is 0.000938. The number of unbranched alkanes of at least 4 members (excludes halogenated alkanes) is 44. The molecule has 0 aromatic carbocycles. The van der Waals surface area contributed by atoms with Gasteiger partial charge in [0, 0.05) is 12.8 Å². The Morgan fingerprint density at radius 1 is 0.407 bits per heavy atom. The van der Waals surface area contributed by atoms with Crippen LogP contribution in [0.5, 0.6) is 0 Å². The number of allylic oxidation sites excluding steroid dienone is 11. The number of carbonyl (C=O) groups excluding carboxylic acids is 2. The Kier molecular flexibility index (Phi) is 64.8. The van der Waals surface area contributed by atoms with Crippen LogP contribution in [-0.4, -0.2) is 100 Å². The van der Waals surface area contributed by atoms with E-state index in [9.17, 15) is 35.1 Å². The summed E-state index contributed by atoms with van der Waals surface area (Å²) < 4.78 is 16.7. The van der Waals surface area contributed by atoms with Crippen molar-refractivity contribution >= 4 is 11.9 Å². The molecule has 0 spiro atoms. The molecule has 1 aliphatic rings. The molecule has 1 amide bonds. The molecule has 0 aliphatic carbocycles. The molecule has 1 rings (SSSR count). The molecule has 1 aliphatic heterocycles. The number of rotatable bonds is 68. The lowest BCUT2D eigenvalue weighted by Gasteiger charge is -2.40. The molecule has 1 fully saturated rings. The number of nitrogens with one attached hydrogen (secondary N) is 1. The summed E-state index contributed by atoms with van der Waals surface area (Å²) in [6.45, 7) is 4.30. The lowest BCUT2D eigenvalue weighted by molar-refractivity contribution is -0.302. The number of carbonyl (C=O) groups is 2. The van der Waals surface area contributed by atoms with Crippen molar-refractivity contribution < 1.29 is 49.3 Å². The van der Waals surface area contributed by atoms with Gasteiger partial charge >= 0.3 is 5.97 Å². The average molecular weight is 1280 g/mol. The van der Waals surface area contributed by atoms with E-state index in [2.05, 4.69) is 79.9 Å². The highest BCUT2D eigenvalue weighted by Crippen LogP contribution is 2.23. The summed E-state index contributed by atoms with van der Waals surface area (Å²) in [5.74, 6) is -0.192. The zero-order valence-corrected chi connectivity index (χ0v) is 59.1. The molecular formula is C80H145NO10. The Bertz CT molecular complexity index is 1740. The first-order chi connectivity index (χ1) is 44.7. The fourth-order valence-electron chi connectivity index (χ4n) is 11.9. The number of aliphatic hydroxyl groups excluding tert-OH is 5. The molecule has 6 N–H and O–H groups in total. The number of ether oxygens (including phenoxy) is 3. The molecule has 1 heterocycles. The molecular weight excluding hydrogens is 1130 g/mol. The molecule has 530 valence electrons. The van der Waals surface area contributed by atoms with Crippen molar-refractivity contribution in [3.05, 3.63) is 72.9 Å². The third-order valence-corrected chi connectivity index (χ3v) is 18.0. The topological polar surface area (TPSA) is 175 Å². The first-order valence-corrected chi connectivity index (χ1v) is 38.7. The SMILES string of the molecule is CCCC/C=C\CCCCCCCC(=O)OCCCCCCCCCCCCCCC/C=C\C/C=C\CCCCCCCCCCCCCCCCCCCC(=O)NC(COC1OC(CO)C(O)C(O)C1O)C(O)/C=C/CC/C=C/CC/C=C/CCCCCCC. The Morgan fingerprint density at radius 3 is 1.19 bits per heavy atom. The third kappa shape index (κ3) is 57.1. The molecule has 0 aromatic rings. The maximum absolute atomic E-state index is 13.1. The first kappa shape index (κ1) is 86.1. The number of esters is 1. The van der Waals surface area contributed by atoms with E-state index >= 15 is 0 Å². The van der Waals surface area contributed by atoms with Crippen LogP contribution in [-0.2, 0) is 23.8 Å². The van der Waals surface area contributed by atoms with Crippen molar-refractivity contribution in [2.45, 2.75) is 403 Å². The summed E-state index contributed by atoms with van der Waals surface area (Å²) in [7, 11) is 0. The Hall–Kier alpha value is -2.90. The van der Waals surface area contributed by atoms with Crippen molar-refractivity contribution in [1.29, 1.82) is 0 Å². The van der Waals surface area contributed by atoms with E-state index in [4.69, 9.17) is 14.2 Å². The highest BCUT2D eigenvalue weighted by atomic mass is 16.7. The van der Waals surface area contributed by atoms with E-state index in [-0.39, 0.29) is 18.5 Å². The van der Waals surface area contributed by atoms with Gasteiger partial charge in [-0.25, -0.2) is 0 Å². The maximum Gasteiger partial charge on any atom is 0.305 e. The number of aliphatic hydroxyl groups is 5. The van der Waals surface area contributed by atoms with Crippen LogP contribution in [0.15, 0.2) is 72.9 Å². The van der Waals surface area contributed by atoms with Crippen LogP contribution in [0.1, 0.15) is 361 Å². The molecule has 11 nitrogen and oxygen atoms in total. The summed E-state index contributed by atoms with van der Waals surface area (Å²) in [4.78, 5) is 25.1. The molecule has 0 radical (unpaired) electrons. The van der Waals surface area contributed by atoms with E-state index < -0.39 is 49.5 Å². The molecule has 11 heteroatoms. The summed E-state index contributed by atoms with van der Waals surface area (Å²) >= 11 is 0. The van der Waals surface area contributed by atoms with E-state index in [1.54, 1.807) is 6.08 Å². The third-order valence-electron chi connectivity index (χ3n) is 18.0. The van der Waals surface area contributed by atoms with Gasteiger partial charge < -0.3 is 45.1 Å². The fraction of sp³-hybridized carbons (Fsp3) is 0.825. The van der Waals surface area contributed by atoms with Crippen LogP contribution < -0.4 is 5.32 Å². The highest BCUT2D eigenvalue weighted by molar-refractivity contribution is 5.76. The molecule has 0 bridgehead atoms. The molecule has 0 saturated carbocycles. The van der Waals surface area contributed by atoms with Crippen LogP contribution in [0, 0.1) is 0 Å². The van der Waals surface area contributed by atoms with Crippen molar-refractivity contribution in [3.8, 4) is 0 Å². The summed E-state index contributed by atoms with van der Waals surface area (Å²) in [6.07, 6.45) is 83.5. The van der Waals surface area contributed by atoms with Gasteiger partial charge in [-0.05, 0) is 109 Å². The highest BCUT2D eigenvalue weighted by Gasteiger charge is 2.44. The molecule has 7 unspecified atom stereocenters. The van der Waals surface area contributed by atoms with Gasteiger partial charge in [-0.1, -0.05) is 311 Å². The second-order valence-corrected chi connectivity index (χ2v) is 26.7. The monoisotopic (exact) mass is 1280 g/mol. The number of hydrogen-bond acceptors (Lipinski definition) is 10. The van der Waals surface area contributed by atoms with Gasteiger partial charge in [0.05, 0.1) is 32.0 Å². The van der Waals surface area contributed by atoms with Gasteiger partial charge in [-0.3, -0.25) is 9.59 Å². The quantitative estimate of drug-likeness (QED) is 0.0195. The van der Waals surface area contributed by atoms with Crippen molar-refractivity contribution in [3.63, 3.8) is 0 Å². The summed E-state index contributed by atoms with van der Waals surface area (Å²) in [6, 6.07) is -0.834. The smallest absolute Gasteiger partial charge is 0.305 e. The lowest BCUT2D eigenvalue weighted by Crippen LogP contribution is -2.60. The van der Waals surface area contributed by atoms with E-state index in [1.165, 1.54) is 257 Å². The molecule has 1 saturated heterocycles. The second-order valence-electron chi connectivity index (χ2n) is 26.7. The van der Waals surface area contributed by atoms with Crippen molar-refractivity contribution in [1.82, 2.24) is 5.32 Å². The van der Waals surface area contributed by atoms with Crippen LogP contribution >= 0.6 is 0 Å². The Labute approximate surface area is 560 Å². The van der Waals surface area contributed by atoms with Crippen LogP contribution in [0.25, 0.3) is 0 Å². The summed E-state index contributed by atoms with van der Waals surface area (Å²) in [5, 5.41) is 54.6. The predicted molar refractivity (Wildman–Crippen MR) is 384 cm³/mol. The minimum Gasteiger partial charge on any atom is -0.466 e. The van der Waals surface area contributed by atoms with Gasteiger partial charge in [0.15, 0.2) is 6.29 Å². The maximum atomic E-state index is 13.1. The standard InChI is InChI=1S/C80H145NO10/c1-3-5-7-9-11-13-15-16-40-43-47-50-54-58-62-66-73(83)72(71-90-80-79(88)78(87)77(86)74(70-82)91-80)81-75(84)67-63-59-55-51-48-44-41-38-36-34-32-30-28-26-24-22-20-18-17-19-21-23-25-27-29-31-33-35-37-39-42-45-49-53-57-61-65-69-89-76(85)68-64-60-56-52-46-14-12-10-8-6-4-2/h10,12,15-17,19,23,25,47,50,62,66,72-74,77-80,82-83,86-88H,3-9,11,13-14,18,20-22,24,26-46,48-49,51-61,63-65,67-71H2,1-2H3,(H,81,84)/b12-10-,16-15+,19-17-,25-23-,50-47+,66-62+. The largest absolute Gasteiger partial charge is 0.466 e. The van der Waals surface area contributed by atoms with Gasteiger partial charge in [-0.2, -0.15) is 0 Å². The summed E-state index contributed by atoms with van der Waals surface area (Å²) in [5.41, 5.74) is 0. The van der Waals surface area contributed by atoms with E-state index in [1.807, 2.05) is 6.08 Å². The fourth-order valence-corrected chi connectivity index (χ4v) is 11.9. The van der Waals surface area contributed by atoms with Gasteiger partial charge in [0.1, 0.15) is 24.4 Å². The number of amides is 1. The van der Waals surface area contributed by atoms with Gasteiger partial charge in [0.2, 0.25) is 5.91 Å². The Balaban J connectivity index is 1.96. The van der Waals surface area contributed by atoms with Crippen LogP contribution in [0.4, 0.5) is 0 Å². The molecule has 0 aromatic heterocycles. The van der Waals surface area contributed by atoms with Crippen molar-refractivity contribution in [2.75, 3.05) is 19.8 Å². The Morgan fingerprint density at radius 2 is 0.758 bits per heavy atom. The van der Waals surface area contributed by atoms with E-state index in [0.717, 1.165) is 77.0 Å². The molecule has 7 atom stereocenters. The second kappa shape index (κ2) is 68.5. The predicted octanol–water partition coefficient (Wildman–Crippen LogP) is 20.6. The molecule has 91 heavy (non-hydrogen) atoms. The average Bonchev–Trinajstić information content (AvgIpc) is 1.11. The minimum atomic E-state index is -1.58.